The van der Waals surface area contributed by atoms with E-state index in [9.17, 15) is 13.5 Å². The van der Waals surface area contributed by atoms with Gasteiger partial charge in [0.2, 0.25) is 0 Å². The Morgan fingerprint density at radius 2 is 2.14 bits per heavy atom. The summed E-state index contributed by atoms with van der Waals surface area (Å²) < 4.78 is 25.3. The number of aliphatic hydroxyl groups excluding tert-OH is 1. The van der Waals surface area contributed by atoms with Gasteiger partial charge in [0.1, 0.15) is 0 Å². The lowest BCUT2D eigenvalue weighted by Crippen LogP contribution is -2.38. The number of rotatable bonds is 3. The summed E-state index contributed by atoms with van der Waals surface area (Å²) in [5, 5.41) is 15.3. The van der Waals surface area contributed by atoms with Gasteiger partial charge >= 0.3 is 0 Å². The number of aryl methyl sites for hydroxylation is 1. The molecule has 0 saturated carbocycles. The van der Waals surface area contributed by atoms with E-state index in [1.807, 2.05) is 20.8 Å². The van der Waals surface area contributed by atoms with Crippen molar-refractivity contribution in [3.05, 3.63) is 17.5 Å². The van der Waals surface area contributed by atoms with Gasteiger partial charge in [-0.1, -0.05) is 20.8 Å². The molecule has 0 amide bonds. The summed E-state index contributed by atoms with van der Waals surface area (Å²) in [5.41, 5.74) is 6.28. The molecule has 1 aliphatic heterocycles. The molecular weight excluding hydrogens is 290 g/mol. The van der Waals surface area contributed by atoms with E-state index < -0.39 is 21.4 Å². The van der Waals surface area contributed by atoms with Crippen molar-refractivity contribution >= 4 is 9.84 Å². The Labute approximate surface area is 126 Å². The molecule has 6 nitrogen and oxygen atoms in total. The molecular formula is C14H25N3O3S. The van der Waals surface area contributed by atoms with Crippen LogP contribution in [0.4, 0.5) is 0 Å². The second-order valence-corrected chi connectivity index (χ2v) is 9.35. The van der Waals surface area contributed by atoms with E-state index >= 15 is 0 Å². The molecule has 2 rings (SSSR count). The Balaban J connectivity index is 2.47. The van der Waals surface area contributed by atoms with Crippen molar-refractivity contribution in [2.45, 2.75) is 38.7 Å². The summed E-state index contributed by atoms with van der Waals surface area (Å²) in [6.45, 7) is 6.20. The van der Waals surface area contributed by atoms with Gasteiger partial charge in [0.25, 0.3) is 0 Å². The van der Waals surface area contributed by atoms with Crippen LogP contribution in [0.3, 0.4) is 0 Å². The summed E-state index contributed by atoms with van der Waals surface area (Å²) in [5.74, 6) is 0.0303. The van der Waals surface area contributed by atoms with Gasteiger partial charge < -0.3 is 10.8 Å². The van der Waals surface area contributed by atoms with Gasteiger partial charge in [-0.2, -0.15) is 5.10 Å². The zero-order valence-electron chi connectivity index (χ0n) is 13.1. The minimum Gasteiger partial charge on any atom is -0.388 e. The molecule has 1 aromatic heterocycles. The molecule has 1 saturated heterocycles. The summed E-state index contributed by atoms with van der Waals surface area (Å²) >= 11 is 0. The highest BCUT2D eigenvalue weighted by Gasteiger charge is 2.48. The first-order chi connectivity index (χ1) is 9.51. The Morgan fingerprint density at radius 1 is 1.52 bits per heavy atom. The minimum absolute atomic E-state index is 0.0594. The molecule has 21 heavy (non-hydrogen) atoms. The Kier molecular flexibility index (Phi) is 3.97. The van der Waals surface area contributed by atoms with E-state index in [4.69, 9.17) is 5.73 Å². The van der Waals surface area contributed by atoms with Crippen molar-refractivity contribution < 1.29 is 13.5 Å². The predicted molar refractivity (Wildman–Crippen MR) is 81.6 cm³/mol. The molecule has 0 spiro atoms. The van der Waals surface area contributed by atoms with E-state index in [1.54, 1.807) is 17.9 Å². The zero-order chi connectivity index (χ0) is 16.1. The van der Waals surface area contributed by atoms with Gasteiger partial charge in [0.15, 0.2) is 9.84 Å². The smallest absolute Gasteiger partial charge is 0.151 e. The van der Waals surface area contributed by atoms with Crippen LogP contribution in [0, 0.1) is 5.41 Å². The normalized spacial score (nSPS) is 27.0. The minimum atomic E-state index is -3.13. The van der Waals surface area contributed by atoms with Gasteiger partial charge in [-0.25, -0.2) is 8.42 Å². The van der Waals surface area contributed by atoms with Crippen molar-refractivity contribution in [3.63, 3.8) is 0 Å². The van der Waals surface area contributed by atoms with Crippen LogP contribution in [0.15, 0.2) is 6.20 Å². The lowest BCUT2D eigenvalue weighted by atomic mass is 9.76. The number of hydrogen-bond donors (Lipinski definition) is 2. The fraction of sp³-hybridized carbons (Fsp3) is 0.786. The van der Waals surface area contributed by atoms with Crippen LogP contribution in [0.5, 0.6) is 0 Å². The maximum absolute atomic E-state index is 11.8. The monoisotopic (exact) mass is 315 g/mol. The summed E-state index contributed by atoms with van der Waals surface area (Å²) in [4.78, 5) is 0. The fourth-order valence-corrected chi connectivity index (χ4v) is 5.21. The molecule has 1 fully saturated rings. The average Bonchev–Trinajstić information content (AvgIpc) is 2.89. The van der Waals surface area contributed by atoms with Crippen molar-refractivity contribution in [2.75, 3.05) is 18.1 Å². The second-order valence-electron chi connectivity index (χ2n) is 7.17. The first kappa shape index (κ1) is 16.5. The molecule has 2 unspecified atom stereocenters. The maximum atomic E-state index is 11.8. The van der Waals surface area contributed by atoms with Crippen LogP contribution in [0.25, 0.3) is 0 Å². The zero-order valence-corrected chi connectivity index (χ0v) is 13.9. The quantitative estimate of drug-likeness (QED) is 0.847. The summed E-state index contributed by atoms with van der Waals surface area (Å²) in [7, 11) is -1.33. The van der Waals surface area contributed by atoms with Gasteiger partial charge in [0, 0.05) is 36.2 Å². The largest absolute Gasteiger partial charge is 0.388 e. The average molecular weight is 315 g/mol. The van der Waals surface area contributed by atoms with Crippen LogP contribution in [0.2, 0.25) is 0 Å². The fourth-order valence-electron chi connectivity index (χ4n) is 3.05. The van der Waals surface area contributed by atoms with E-state index in [0.29, 0.717) is 12.0 Å². The third-order valence-corrected chi connectivity index (χ3v) is 6.11. The highest BCUT2D eigenvalue weighted by molar-refractivity contribution is 7.91. The molecule has 1 aromatic rings. The topological polar surface area (TPSA) is 98.2 Å². The van der Waals surface area contributed by atoms with Crippen LogP contribution in [-0.4, -0.2) is 41.4 Å². The van der Waals surface area contributed by atoms with Crippen molar-refractivity contribution in [1.82, 2.24) is 9.78 Å². The third kappa shape index (κ3) is 3.00. The lowest BCUT2D eigenvalue weighted by molar-refractivity contribution is 0.0457. The number of hydrogen-bond acceptors (Lipinski definition) is 5. The molecule has 1 aliphatic rings. The van der Waals surface area contributed by atoms with Crippen LogP contribution >= 0.6 is 0 Å². The van der Waals surface area contributed by atoms with E-state index in [0.717, 1.165) is 5.69 Å². The number of sulfone groups is 1. The standard InChI is InChI=1S/C14H25N3O3S/c1-13(2,3)11-10(7-17(4)16-11)12(18)14(8-15)5-6-21(19,20)9-14/h7,12,18H,5-6,8-9,15H2,1-4H3. The van der Waals surface area contributed by atoms with Gasteiger partial charge in [0.05, 0.1) is 23.3 Å². The first-order valence-corrected chi connectivity index (χ1v) is 8.95. The first-order valence-electron chi connectivity index (χ1n) is 7.13. The van der Waals surface area contributed by atoms with Gasteiger partial charge in [-0.3, -0.25) is 4.68 Å². The van der Waals surface area contributed by atoms with Crippen LogP contribution in [-0.2, 0) is 22.3 Å². The molecule has 7 heteroatoms. The summed E-state index contributed by atoms with van der Waals surface area (Å²) in [6.07, 6.45) is 1.25. The van der Waals surface area contributed by atoms with Crippen LogP contribution in [0.1, 0.15) is 44.6 Å². The van der Waals surface area contributed by atoms with Crippen molar-refractivity contribution in [2.24, 2.45) is 18.2 Å². The number of nitrogens with zero attached hydrogens (tertiary/aromatic N) is 2. The molecule has 0 bridgehead atoms. The summed E-state index contributed by atoms with van der Waals surface area (Å²) in [6, 6.07) is 0. The predicted octanol–water partition coefficient (Wildman–Crippen LogP) is 0.515. The molecule has 2 atom stereocenters. The van der Waals surface area contributed by atoms with E-state index in [1.165, 1.54) is 0 Å². The highest BCUT2D eigenvalue weighted by atomic mass is 32.2. The van der Waals surface area contributed by atoms with Crippen molar-refractivity contribution in [1.29, 1.82) is 0 Å². The number of nitrogens with two attached hydrogens (primary N) is 1. The Bertz CT molecular complexity index is 630. The Morgan fingerprint density at radius 3 is 2.57 bits per heavy atom. The third-order valence-electron chi connectivity index (χ3n) is 4.27. The number of aliphatic hydroxyl groups is 1. The van der Waals surface area contributed by atoms with Crippen molar-refractivity contribution in [3.8, 4) is 0 Å². The lowest BCUT2D eigenvalue weighted by Gasteiger charge is -2.33. The molecule has 0 radical (unpaired) electrons. The molecule has 2 heterocycles. The van der Waals surface area contributed by atoms with Crippen LogP contribution < -0.4 is 5.73 Å². The maximum Gasteiger partial charge on any atom is 0.151 e. The second kappa shape index (κ2) is 5.07. The number of aromatic nitrogens is 2. The Hall–Kier alpha value is -0.920. The molecule has 0 aromatic carbocycles. The van der Waals surface area contributed by atoms with E-state index in [-0.39, 0.29) is 23.5 Å². The van der Waals surface area contributed by atoms with Gasteiger partial charge in [-0.05, 0) is 6.42 Å². The van der Waals surface area contributed by atoms with E-state index in [2.05, 4.69) is 5.10 Å². The highest BCUT2D eigenvalue weighted by Crippen LogP contribution is 2.44. The SMILES string of the molecule is Cn1cc(C(O)C2(CN)CCS(=O)(=O)C2)c(C(C)(C)C)n1. The molecule has 3 N–H and O–H groups in total. The van der Waals surface area contributed by atoms with Gasteiger partial charge in [-0.15, -0.1) is 0 Å². The molecule has 0 aliphatic carbocycles. The molecule has 120 valence electrons.